The molecule has 264 valence electrons. The molecule has 0 spiro atoms. The third-order valence-electron chi connectivity index (χ3n) is 6.89. The zero-order chi connectivity index (χ0) is 31.5. The number of hydrogen-bond donors (Lipinski definition) is 0. The van der Waals surface area contributed by atoms with Crippen LogP contribution < -0.4 is 18.8 Å². The Hall–Kier alpha value is -4.44. The van der Waals surface area contributed by atoms with E-state index in [9.17, 15) is 0 Å². The van der Waals surface area contributed by atoms with Crippen molar-refractivity contribution >= 4 is 34.0 Å². The first-order valence-corrected chi connectivity index (χ1v) is 14.8. The number of anilines is 1. The molecule has 0 bridgehead atoms. The Kier molecular flexibility index (Phi) is 19.5. The van der Waals surface area contributed by atoms with Gasteiger partial charge in [-0.3, -0.25) is 0 Å². The van der Waals surface area contributed by atoms with Crippen LogP contribution in [0, 0.1) is 6.92 Å². The summed E-state index contributed by atoms with van der Waals surface area (Å²) in [5.41, 5.74) is 5.12. The second kappa shape index (κ2) is 21.4. The van der Waals surface area contributed by atoms with E-state index in [0.717, 1.165) is 51.3 Å². The van der Waals surface area contributed by atoms with Gasteiger partial charge in [0, 0.05) is 39.0 Å². The van der Waals surface area contributed by atoms with E-state index in [1.807, 2.05) is 154 Å². The van der Waals surface area contributed by atoms with Crippen molar-refractivity contribution in [2.24, 2.45) is 14.1 Å². The average molecular weight is 666 g/mol. The highest BCUT2D eigenvalue weighted by Gasteiger charge is 2.21. The second-order valence-corrected chi connectivity index (χ2v) is 9.76. The molecule has 0 aliphatic carbocycles. The summed E-state index contributed by atoms with van der Waals surface area (Å²) in [6.45, 7) is 9.06. The van der Waals surface area contributed by atoms with Gasteiger partial charge in [-0.05, 0) is 57.2 Å². The molecule has 6 rings (SSSR count). The van der Waals surface area contributed by atoms with Gasteiger partial charge in [0.15, 0.2) is 11.6 Å². The quantitative estimate of drug-likeness (QED) is 0.121. The molecule has 1 aliphatic heterocycles. The molecule has 5 aromatic rings. The number of hydrogen-bond acceptors (Lipinski definition) is 7. The Balaban J connectivity index is 0.000000753. The Morgan fingerprint density at radius 1 is 0.708 bits per heavy atom. The summed E-state index contributed by atoms with van der Waals surface area (Å²) in [5, 5.41) is 0. The number of rotatable bonds is 8. The lowest BCUT2D eigenvalue weighted by molar-refractivity contribution is -0.657. The van der Waals surface area contributed by atoms with Gasteiger partial charge in [0.05, 0.1) is 18.7 Å². The molecule has 0 saturated heterocycles. The molecule has 0 N–H and O–H groups in total. The Labute approximate surface area is 288 Å². The predicted molar refractivity (Wildman–Crippen MR) is 198 cm³/mol. The van der Waals surface area contributed by atoms with Gasteiger partial charge in [-0.15, -0.1) is 0 Å². The van der Waals surface area contributed by atoms with Crippen molar-refractivity contribution in [2.75, 3.05) is 31.8 Å². The number of ether oxygens (including phenoxy) is 4. The molecule has 1 aliphatic rings. The Bertz CT molecular complexity index is 1690. The molecule has 3 aromatic carbocycles. The zero-order valence-electron chi connectivity index (χ0n) is 26.7. The van der Waals surface area contributed by atoms with E-state index in [0.29, 0.717) is 19.8 Å². The first-order valence-electron chi connectivity index (χ1n) is 14.8. The largest absolute Gasteiger partial charge is 0.439 e. The Morgan fingerprint density at radius 2 is 1.21 bits per heavy atom. The summed E-state index contributed by atoms with van der Waals surface area (Å²) in [7, 11) is 5.99. The number of aromatic nitrogens is 2. The highest BCUT2D eigenvalue weighted by molar-refractivity contribution is 5.70. The van der Waals surface area contributed by atoms with Crippen LogP contribution >= 0.6 is 0 Å². The summed E-state index contributed by atoms with van der Waals surface area (Å²) in [5.74, 6) is 3.40. The van der Waals surface area contributed by atoms with E-state index >= 15 is 0 Å². The minimum absolute atomic E-state index is 0. The highest BCUT2D eigenvalue weighted by atomic mass is 16.8. The van der Waals surface area contributed by atoms with E-state index in [2.05, 4.69) is 0 Å². The van der Waals surface area contributed by atoms with Crippen LogP contribution in [-0.4, -0.2) is 33.3 Å². The summed E-state index contributed by atoms with van der Waals surface area (Å²) in [6.07, 6.45) is 5.82. The third kappa shape index (κ3) is 10.8. The molecular formula is C39H59N3O6+2. The van der Waals surface area contributed by atoms with Gasteiger partial charge in [0.1, 0.15) is 14.1 Å². The smallest absolute Gasteiger partial charge is 0.373 e. The maximum Gasteiger partial charge on any atom is 0.373 e. The summed E-state index contributed by atoms with van der Waals surface area (Å²) in [6, 6.07) is 24.0. The van der Waals surface area contributed by atoms with Crippen molar-refractivity contribution < 1.29 is 36.9 Å². The van der Waals surface area contributed by atoms with Crippen LogP contribution in [0.1, 0.15) is 62.3 Å². The lowest BCUT2D eigenvalue weighted by Gasteiger charge is -2.15. The number of allylic oxidation sites excluding steroid dienone is 2. The predicted octanol–water partition coefficient (Wildman–Crippen LogP) is 9.13. The van der Waals surface area contributed by atoms with Gasteiger partial charge in [-0.1, -0.05) is 66.1 Å². The third-order valence-corrected chi connectivity index (χ3v) is 6.89. The van der Waals surface area contributed by atoms with Gasteiger partial charge >= 0.3 is 11.8 Å². The van der Waals surface area contributed by atoms with Crippen LogP contribution in [0.4, 0.5) is 5.69 Å². The van der Waals surface area contributed by atoms with E-state index in [4.69, 9.17) is 27.8 Å². The van der Waals surface area contributed by atoms with Crippen LogP contribution in [0.3, 0.4) is 0 Å². The molecule has 9 heteroatoms. The first kappa shape index (κ1) is 43.6. The fourth-order valence-electron chi connectivity index (χ4n) is 4.52. The van der Waals surface area contributed by atoms with Crippen molar-refractivity contribution in [3.8, 4) is 5.75 Å². The van der Waals surface area contributed by atoms with Crippen LogP contribution in [0.5, 0.6) is 5.75 Å². The van der Waals surface area contributed by atoms with E-state index in [1.54, 1.807) is 0 Å². The van der Waals surface area contributed by atoms with Gasteiger partial charge in [0.2, 0.25) is 11.2 Å². The highest BCUT2D eigenvalue weighted by Crippen LogP contribution is 2.37. The Morgan fingerprint density at radius 3 is 1.73 bits per heavy atom. The van der Waals surface area contributed by atoms with Crippen molar-refractivity contribution in [3.63, 3.8) is 0 Å². The van der Waals surface area contributed by atoms with Crippen molar-refractivity contribution in [1.82, 2.24) is 0 Å². The second-order valence-electron chi connectivity index (χ2n) is 9.76. The van der Waals surface area contributed by atoms with Crippen LogP contribution in [0.25, 0.3) is 28.3 Å². The minimum Gasteiger partial charge on any atom is -0.439 e. The molecule has 0 amide bonds. The number of fused-ring (bicyclic) bond motifs is 3. The molecule has 2 aromatic heterocycles. The van der Waals surface area contributed by atoms with Crippen LogP contribution in [-0.2, 0) is 28.3 Å². The fraction of sp³-hybridized carbons (Fsp3) is 0.385. The molecular weight excluding hydrogens is 606 g/mol. The standard InChI is InChI=1S/C19H17N2O2.C9H10NO.C7H16O3.4CH4/c1-20-14-8-3-5-10-16(14)22-18(20)12-7-13-19-21(2)15-9-4-6-11-17(15)23-19;1-7-10(2)8-5-3-4-6-9(8)11-7;1-4-8-7(9-5-2)10-6-3;;;;/h3-13H,1-2H3;3-6H,1-2H3;7H,4-6H2,1-3H3;4*1H4/q2*+1;;;;;. The van der Waals surface area contributed by atoms with Gasteiger partial charge < -0.3 is 32.7 Å². The molecule has 0 saturated carbocycles. The fourth-order valence-corrected chi connectivity index (χ4v) is 4.52. The molecule has 9 nitrogen and oxygen atoms in total. The summed E-state index contributed by atoms with van der Waals surface area (Å²) in [4.78, 5) is 2.03. The molecule has 3 heterocycles. The maximum atomic E-state index is 5.84. The van der Waals surface area contributed by atoms with Crippen molar-refractivity contribution in [3.05, 3.63) is 103 Å². The number of benzene rings is 3. The number of nitrogens with zero attached hydrogens (tertiary/aromatic N) is 3. The van der Waals surface area contributed by atoms with E-state index in [1.165, 1.54) is 0 Å². The molecule has 48 heavy (non-hydrogen) atoms. The van der Waals surface area contributed by atoms with Crippen LogP contribution in [0.15, 0.2) is 99.7 Å². The SMILES string of the molecule is C.C.C.C.CCOC(OCC)OCC.CN1/C(=C\C=C\c2oc3ccccc3[n+]2C)Oc2ccccc21.Cc1oc2ccccc2[n+]1C. The topological polar surface area (TPSA) is 74.2 Å². The summed E-state index contributed by atoms with van der Waals surface area (Å²) >= 11 is 0. The maximum absolute atomic E-state index is 5.84. The van der Waals surface area contributed by atoms with Gasteiger partial charge in [-0.25, -0.2) is 0 Å². The number of para-hydroxylation sites is 6. The molecule has 0 fully saturated rings. The number of oxazole rings is 2. The van der Waals surface area contributed by atoms with Gasteiger partial charge in [-0.2, -0.15) is 9.13 Å². The normalized spacial score (nSPS) is 12.2. The molecule has 0 unspecified atom stereocenters. The average Bonchev–Trinajstić information content (AvgIpc) is 3.64. The van der Waals surface area contributed by atoms with E-state index in [-0.39, 0.29) is 29.7 Å². The minimum atomic E-state index is -0.472. The monoisotopic (exact) mass is 665 g/mol. The van der Waals surface area contributed by atoms with Crippen LogP contribution in [0.2, 0.25) is 0 Å². The lowest BCUT2D eigenvalue weighted by Crippen LogP contribution is -2.29. The van der Waals surface area contributed by atoms with Crippen molar-refractivity contribution in [1.29, 1.82) is 0 Å². The van der Waals surface area contributed by atoms with E-state index < -0.39 is 6.48 Å². The zero-order valence-corrected chi connectivity index (χ0v) is 26.7. The van der Waals surface area contributed by atoms with Gasteiger partial charge in [0.25, 0.3) is 17.5 Å². The molecule has 0 radical (unpaired) electrons. The number of aryl methyl sites for hydroxylation is 3. The molecule has 0 atom stereocenters. The summed E-state index contributed by atoms with van der Waals surface area (Å²) < 4.78 is 36.4. The first-order chi connectivity index (χ1) is 21.4. The lowest BCUT2D eigenvalue weighted by atomic mass is 10.3. The van der Waals surface area contributed by atoms with Crippen molar-refractivity contribution in [2.45, 2.75) is 63.9 Å².